The Balaban J connectivity index is 1.87. The van der Waals surface area contributed by atoms with Crippen LogP contribution in [-0.2, 0) is 20.7 Å². The average Bonchev–Trinajstić information content (AvgIpc) is 3.15. The number of carbonyl (C=O) groups is 3. The second kappa shape index (κ2) is 10.3. The molecule has 0 spiro atoms. The van der Waals surface area contributed by atoms with Crippen molar-refractivity contribution < 1.29 is 28.6 Å². The maximum absolute atomic E-state index is 12.2. The van der Waals surface area contributed by atoms with Crippen molar-refractivity contribution in [2.24, 2.45) is 0 Å². The van der Waals surface area contributed by atoms with E-state index in [1.54, 1.807) is 12.1 Å². The van der Waals surface area contributed by atoms with Crippen LogP contribution >= 0.6 is 15.9 Å². The monoisotopic (exact) mass is 456 g/mol. The van der Waals surface area contributed by atoms with Crippen LogP contribution in [0.3, 0.4) is 0 Å². The van der Waals surface area contributed by atoms with Crippen LogP contribution in [0.5, 0.6) is 11.5 Å². The van der Waals surface area contributed by atoms with Crippen LogP contribution in [-0.4, -0.2) is 44.3 Å². The summed E-state index contributed by atoms with van der Waals surface area (Å²) in [5.41, 5.74) is 0.620. The second-order valence-corrected chi connectivity index (χ2v) is 7.41. The molecule has 0 aromatic heterocycles. The highest BCUT2D eigenvalue weighted by Crippen LogP contribution is 2.33. The number of rotatable bonds is 7. The van der Waals surface area contributed by atoms with E-state index in [0.29, 0.717) is 21.5 Å². The molecule has 8 nitrogen and oxygen atoms in total. The highest BCUT2D eigenvalue weighted by atomic mass is 79.9. The number of hydrogen-bond donors (Lipinski definition) is 2. The van der Waals surface area contributed by atoms with Crippen LogP contribution in [0, 0.1) is 0 Å². The number of imide groups is 1. The maximum atomic E-state index is 12.2. The van der Waals surface area contributed by atoms with Gasteiger partial charge in [-0.2, -0.15) is 0 Å². The van der Waals surface area contributed by atoms with E-state index in [0.717, 1.165) is 25.7 Å². The Labute approximate surface area is 172 Å². The van der Waals surface area contributed by atoms with Crippen molar-refractivity contribution >= 4 is 33.8 Å². The molecule has 154 valence electrons. The van der Waals surface area contributed by atoms with Gasteiger partial charge in [-0.15, -0.1) is 0 Å². The fourth-order valence-electron chi connectivity index (χ4n) is 2.98. The Bertz CT molecular complexity index is 733. The van der Waals surface area contributed by atoms with Gasteiger partial charge in [-0.25, -0.2) is 4.79 Å². The summed E-state index contributed by atoms with van der Waals surface area (Å²) in [5, 5.41) is 4.95. The van der Waals surface area contributed by atoms with E-state index in [-0.39, 0.29) is 12.5 Å². The van der Waals surface area contributed by atoms with E-state index in [2.05, 4.69) is 26.6 Å². The smallest absolute Gasteiger partial charge is 0.321 e. The quantitative estimate of drug-likeness (QED) is 0.611. The average molecular weight is 457 g/mol. The van der Waals surface area contributed by atoms with Crippen molar-refractivity contribution in [2.45, 2.75) is 51.2 Å². The Hall–Kier alpha value is -2.29. The third-order valence-electron chi connectivity index (χ3n) is 4.49. The highest BCUT2D eigenvalue weighted by Gasteiger charge is 2.23. The lowest BCUT2D eigenvalue weighted by atomic mass is 10.1. The second-order valence-electron chi connectivity index (χ2n) is 6.55. The molecule has 2 rings (SSSR count). The summed E-state index contributed by atoms with van der Waals surface area (Å²) in [4.78, 5) is 36.1. The zero-order valence-electron chi connectivity index (χ0n) is 16.2. The van der Waals surface area contributed by atoms with Gasteiger partial charge in [0.25, 0.3) is 5.91 Å². The van der Waals surface area contributed by atoms with Crippen molar-refractivity contribution in [2.75, 3.05) is 14.2 Å². The van der Waals surface area contributed by atoms with Gasteiger partial charge in [0.2, 0.25) is 0 Å². The van der Waals surface area contributed by atoms with E-state index < -0.39 is 24.0 Å². The van der Waals surface area contributed by atoms with Crippen LogP contribution < -0.4 is 20.1 Å². The predicted molar refractivity (Wildman–Crippen MR) is 105 cm³/mol. The number of methoxy groups -OCH3 is 2. The molecule has 0 bridgehead atoms. The van der Waals surface area contributed by atoms with E-state index in [1.807, 2.05) is 0 Å². The summed E-state index contributed by atoms with van der Waals surface area (Å²) in [7, 11) is 3.01. The topological polar surface area (TPSA) is 103 Å². The Kier molecular flexibility index (Phi) is 8.10. The van der Waals surface area contributed by atoms with Gasteiger partial charge >= 0.3 is 12.0 Å². The van der Waals surface area contributed by atoms with Gasteiger partial charge in [-0.1, -0.05) is 28.8 Å². The van der Waals surface area contributed by atoms with Gasteiger partial charge in [-0.3, -0.25) is 14.9 Å². The van der Waals surface area contributed by atoms with Crippen LogP contribution in [0.25, 0.3) is 0 Å². The van der Waals surface area contributed by atoms with E-state index in [4.69, 9.17) is 14.2 Å². The number of hydrogen-bond acceptors (Lipinski definition) is 6. The van der Waals surface area contributed by atoms with E-state index in [1.165, 1.54) is 21.1 Å². The first kappa shape index (κ1) is 22.0. The number of urea groups is 1. The molecule has 1 saturated carbocycles. The van der Waals surface area contributed by atoms with Crippen molar-refractivity contribution in [1.29, 1.82) is 0 Å². The first-order chi connectivity index (χ1) is 13.3. The molecule has 9 heteroatoms. The molecule has 3 amide bonds. The molecule has 28 heavy (non-hydrogen) atoms. The Morgan fingerprint density at radius 1 is 1.14 bits per heavy atom. The zero-order chi connectivity index (χ0) is 20.7. The largest absolute Gasteiger partial charge is 0.493 e. The summed E-state index contributed by atoms with van der Waals surface area (Å²) >= 11 is 3.37. The van der Waals surface area contributed by atoms with Gasteiger partial charge in [0.15, 0.2) is 17.6 Å². The molecular weight excluding hydrogens is 432 g/mol. The molecule has 1 aliphatic carbocycles. The van der Waals surface area contributed by atoms with Gasteiger partial charge in [0.05, 0.1) is 20.6 Å². The molecule has 1 atom stereocenters. The van der Waals surface area contributed by atoms with Crippen LogP contribution in [0.4, 0.5) is 4.79 Å². The van der Waals surface area contributed by atoms with Crippen molar-refractivity contribution in [3.63, 3.8) is 0 Å². The fraction of sp³-hybridized carbons (Fsp3) is 0.526. The number of ether oxygens (including phenoxy) is 3. The molecule has 0 radical (unpaired) electrons. The molecule has 1 aromatic carbocycles. The van der Waals surface area contributed by atoms with Gasteiger partial charge in [0.1, 0.15) is 0 Å². The molecule has 2 N–H and O–H groups in total. The van der Waals surface area contributed by atoms with Gasteiger partial charge < -0.3 is 19.5 Å². The predicted octanol–water partition coefficient (Wildman–Crippen LogP) is 2.71. The lowest BCUT2D eigenvalue weighted by molar-refractivity contribution is -0.153. The third kappa shape index (κ3) is 6.12. The van der Waals surface area contributed by atoms with Gasteiger partial charge in [0, 0.05) is 10.5 Å². The zero-order valence-corrected chi connectivity index (χ0v) is 17.8. The van der Waals surface area contributed by atoms with Gasteiger partial charge in [-0.05, 0) is 37.5 Å². The van der Waals surface area contributed by atoms with Crippen molar-refractivity contribution in [1.82, 2.24) is 10.6 Å². The van der Waals surface area contributed by atoms with E-state index in [9.17, 15) is 14.4 Å². The number of benzene rings is 1. The Morgan fingerprint density at radius 2 is 1.75 bits per heavy atom. The normalized spacial score (nSPS) is 14.9. The lowest BCUT2D eigenvalue weighted by Crippen LogP contribution is -2.47. The van der Waals surface area contributed by atoms with Crippen LogP contribution in [0.1, 0.15) is 38.2 Å². The Morgan fingerprint density at radius 3 is 2.36 bits per heavy atom. The SMILES string of the molecule is COc1cc(Br)c(CC(=O)OC(C)C(=O)NC(=O)NC2CCCC2)cc1OC. The minimum Gasteiger partial charge on any atom is -0.493 e. The van der Waals surface area contributed by atoms with Crippen molar-refractivity contribution in [3.8, 4) is 11.5 Å². The van der Waals surface area contributed by atoms with Crippen LogP contribution in [0.15, 0.2) is 16.6 Å². The molecule has 1 aromatic rings. The molecule has 0 saturated heterocycles. The van der Waals surface area contributed by atoms with Crippen molar-refractivity contribution in [3.05, 3.63) is 22.2 Å². The van der Waals surface area contributed by atoms with E-state index >= 15 is 0 Å². The molecule has 1 unspecified atom stereocenters. The molecule has 1 aliphatic rings. The number of amides is 3. The number of esters is 1. The minimum absolute atomic E-state index is 0.0766. The summed E-state index contributed by atoms with van der Waals surface area (Å²) < 4.78 is 16.2. The molecule has 0 heterocycles. The fourth-order valence-corrected chi connectivity index (χ4v) is 3.45. The first-order valence-electron chi connectivity index (χ1n) is 9.05. The first-order valence-corrected chi connectivity index (χ1v) is 9.84. The molecular formula is C19H25BrN2O6. The number of halogens is 1. The summed E-state index contributed by atoms with van der Waals surface area (Å²) in [6.45, 7) is 1.42. The molecule has 0 aliphatic heterocycles. The summed E-state index contributed by atoms with van der Waals surface area (Å²) in [5.74, 6) is -0.280. The summed E-state index contributed by atoms with van der Waals surface area (Å²) in [6, 6.07) is 2.87. The minimum atomic E-state index is -1.10. The highest BCUT2D eigenvalue weighted by molar-refractivity contribution is 9.10. The summed E-state index contributed by atoms with van der Waals surface area (Å²) in [6.07, 6.45) is 2.78. The molecule has 1 fully saturated rings. The lowest BCUT2D eigenvalue weighted by Gasteiger charge is -2.16. The standard InChI is InChI=1S/C19H25BrN2O6/c1-11(18(24)22-19(25)21-13-6-4-5-7-13)28-17(23)9-12-8-15(26-2)16(27-3)10-14(12)20/h8,10-11,13H,4-7,9H2,1-3H3,(H2,21,22,24,25). The number of carbonyl (C=O) groups excluding carboxylic acids is 3. The maximum Gasteiger partial charge on any atom is 0.321 e. The third-order valence-corrected chi connectivity index (χ3v) is 5.23. The number of nitrogens with one attached hydrogen (secondary N) is 2. The van der Waals surface area contributed by atoms with Crippen LogP contribution in [0.2, 0.25) is 0 Å².